The number of nitro groups is 4. The topological polar surface area (TPSA) is 173 Å². The van der Waals surface area contributed by atoms with Gasteiger partial charge in [-0.3, -0.25) is 40.5 Å². The van der Waals surface area contributed by atoms with Crippen molar-refractivity contribution >= 4 is 22.7 Å². The standard InChI is InChI=1S/C18H18N4O8/c1-9(2)11-5-13(19(23)24)17(14(6-11)20(25)26)18-15(21(27)28)7-12(10(3)4)8-16(18)22(29)30/h5-10H,1-4H3. The molecule has 12 nitrogen and oxygen atoms in total. The quantitative estimate of drug-likeness (QED) is 0.434. The van der Waals surface area contributed by atoms with Gasteiger partial charge in [-0.25, -0.2) is 0 Å². The lowest BCUT2D eigenvalue weighted by Crippen LogP contribution is -2.06. The van der Waals surface area contributed by atoms with Crippen molar-refractivity contribution in [2.45, 2.75) is 39.5 Å². The summed E-state index contributed by atoms with van der Waals surface area (Å²) in [7, 11) is 0. The second-order valence-corrected chi connectivity index (χ2v) is 7.21. The second-order valence-electron chi connectivity index (χ2n) is 7.21. The maximum absolute atomic E-state index is 11.7. The Morgan fingerprint density at radius 1 is 0.533 bits per heavy atom. The maximum atomic E-state index is 11.7. The summed E-state index contributed by atoms with van der Waals surface area (Å²) in [5, 5.41) is 46.9. The van der Waals surface area contributed by atoms with Gasteiger partial charge >= 0.3 is 0 Å². The summed E-state index contributed by atoms with van der Waals surface area (Å²) >= 11 is 0. The monoisotopic (exact) mass is 418 g/mol. The van der Waals surface area contributed by atoms with E-state index in [2.05, 4.69) is 0 Å². The Balaban J connectivity index is 3.17. The molecule has 0 aliphatic heterocycles. The van der Waals surface area contributed by atoms with Crippen molar-refractivity contribution in [3.05, 3.63) is 75.8 Å². The van der Waals surface area contributed by atoms with E-state index in [1.165, 1.54) is 0 Å². The third kappa shape index (κ3) is 4.06. The predicted octanol–water partition coefficient (Wildman–Crippen LogP) is 5.23. The molecule has 0 unspecified atom stereocenters. The van der Waals surface area contributed by atoms with Crippen LogP contribution in [0.2, 0.25) is 0 Å². The molecular weight excluding hydrogens is 400 g/mol. The molecule has 0 amide bonds. The third-order valence-corrected chi connectivity index (χ3v) is 4.61. The molecular formula is C18H18N4O8. The van der Waals surface area contributed by atoms with E-state index >= 15 is 0 Å². The van der Waals surface area contributed by atoms with Crippen LogP contribution in [0.3, 0.4) is 0 Å². The van der Waals surface area contributed by atoms with Gasteiger partial charge in [0.25, 0.3) is 22.7 Å². The Hall–Kier alpha value is -3.96. The van der Waals surface area contributed by atoms with E-state index in [1.54, 1.807) is 27.7 Å². The zero-order valence-corrected chi connectivity index (χ0v) is 16.5. The SMILES string of the molecule is CC(C)c1cc([N+](=O)[O-])c(-c2c([N+](=O)[O-])cc(C(C)C)cc2[N+](=O)[O-])c([N+](=O)[O-])c1. The predicted molar refractivity (Wildman–Crippen MR) is 107 cm³/mol. The highest BCUT2D eigenvalue weighted by Crippen LogP contribution is 2.49. The average molecular weight is 418 g/mol. The highest BCUT2D eigenvalue weighted by molar-refractivity contribution is 5.93. The number of rotatable bonds is 7. The van der Waals surface area contributed by atoms with Crippen LogP contribution in [-0.2, 0) is 0 Å². The van der Waals surface area contributed by atoms with Crippen molar-refractivity contribution in [1.82, 2.24) is 0 Å². The number of hydrogen-bond acceptors (Lipinski definition) is 8. The van der Waals surface area contributed by atoms with Gasteiger partial charge in [-0.05, 0) is 23.0 Å². The molecule has 2 rings (SSSR count). The first-order valence-electron chi connectivity index (χ1n) is 8.80. The van der Waals surface area contributed by atoms with Crippen LogP contribution in [-0.4, -0.2) is 19.7 Å². The van der Waals surface area contributed by atoms with Gasteiger partial charge in [0, 0.05) is 24.3 Å². The second kappa shape index (κ2) is 8.19. The number of benzene rings is 2. The molecule has 2 aromatic rings. The minimum Gasteiger partial charge on any atom is -0.258 e. The fraction of sp³-hybridized carbons (Fsp3) is 0.333. The lowest BCUT2D eigenvalue weighted by atomic mass is 9.91. The van der Waals surface area contributed by atoms with E-state index in [4.69, 9.17) is 0 Å². The third-order valence-electron chi connectivity index (χ3n) is 4.61. The highest BCUT2D eigenvalue weighted by Gasteiger charge is 2.39. The van der Waals surface area contributed by atoms with Crippen molar-refractivity contribution in [1.29, 1.82) is 0 Å². The molecule has 0 aliphatic rings. The van der Waals surface area contributed by atoms with Crippen LogP contribution in [0.1, 0.15) is 50.7 Å². The van der Waals surface area contributed by atoms with Gasteiger partial charge in [0.1, 0.15) is 0 Å². The molecule has 0 N–H and O–H groups in total. The van der Waals surface area contributed by atoms with Gasteiger partial charge in [-0.15, -0.1) is 0 Å². The molecule has 0 radical (unpaired) electrons. The lowest BCUT2D eigenvalue weighted by Gasteiger charge is -2.12. The maximum Gasteiger partial charge on any atom is 0.284 e. The lowest BCUT2D eigenvalue weighted by molar-refractivity contribution is -0.397. The zero-order valence-electron chi connectivity index (χ0n) is 16.5. The molecule has 12 heteroatoms. The van der Waals surface area contributed by atoms with Crippen LogP contribution in [0.15, 0.2) is 24.3 Å². The molecule has 0 fully saturated rings. The Morgan fingerprint density at radius 3 is 0.867 bits per heavy atom. The van der Waals surface area contributed by atoms with Gasteiger partial charge in [0.15, 0.2) is 11.1 Å². The fourth-order valence-corrected chi connectivity index (χ4v) is 3.02. The summed E-state index contributed by atoms with van der Waals surface area (Å²) < 4.78 is 0. The molecule has 2 aromatic carbocycles. The molecule has 0 bridgehead atoms. The summed E-state index contributed by atoms with van der Waals surface area (Å²) in [5.41, 5.74) is -4.26. The van der Waals surface area contributed by atoms with Crippen LogP contribution in [0, 0.1) is 40.5 Å². The molecule has 0 aromatic heterocycles. The minimum absolute atomic E-state index is 0.251. The Morgan fingerprint density at radius 2 is 0.733 bits per heavy atom. The van der Waals surface area contributed by atoms with Crippen LogP contribution < -0.4 is 0 Å². The molecule has 0 heterocycles. The molecule has 0 spiro atoms. The Bertz CT molecular complexity index is 922. The van der Waals surface area contributed by atoms with Gasteiger partial charge < -0.3 is 0 Å². The molecule has 0 saturated carbocycles. The summed E-state index contributed by atoms with van der Waals surface area (Å²) in [6, 6.07) is 4.21. The Kier molecular flexibility index (Phi) is 6.09. The first-order chi connectivity index (χ1) is 13.9. The number of nitrogens with zero attached hydrogens (tertiary/aromatic N) is 4. The van der Waals surface area contributed by atoms with E-state index < -0.39 is 53.6 Å². The fourth-order valence-electron chi connectivity index (χ4n) is 3.02. The van der Waals surface area contributed by atoms with Crippen molar-refractivity contribution in [3.63, 3.8) is 0 Å². The number of nitro benzene ring substituents is 4. The molecule has 158 valence electrons. The zero-order chi connectivity index (χ0) is 22.9. The average Bonchev–Trinajstić information content (AvgIpc) is 2.65. The molecule has 0 saturated heterocycles. The minimum atomic E-state index is -0.933. The van der Waals surface area contributed by atoms with Crippen molar-refractivity contribution < 1.29 is 19.7 Å². The van der Waals surface area contributed by atoms with Crippen molar-refractivity contribution in [2.75, 3.05) is 0 Å². The highest BCUT2D eigenvalue weighted by atomic mass is 16.6. The summed E-state index contributed by atoms with van der Waals surface area (Å²) in [5.74, 6) is -0.658. The van der Waals surface area contributed by atoms with Gasteiger partial charge in [0.2, 0.25) is 0 Å². The van der Waals surface area contributed by atoms with Crippen LogP contribution in [0.4, 0.5) is 22.7 Å². The van der Waals surface area contributed by atoms with Crippen LogP contribution in [0.25, 0.3) is 11.1 Å². The van der Waals surface area contributed by atoms with Crippen LogP contribution in [0.5, 0.6) is 0 Å². The summed E-state index contributed by atoms with van der Waals surface area (Å²) in [6.07, 6.45) is 0. The van der Waals surface area contributed by atoms with E-state index in [9.17, 15) is 40.5 Å². The Labute approximate surface area is 169 Å². The van der Waals surface area contributed by atoms with Gasteiger partial charge in [-0.2, -0.15) is 0 Å². The molecule has 0 atom stereocenters. The summed E-state index contributed by atoms with van der Waals surface area (Å²) in [6.45, 7) is 6.63. The van der Waals surface area contributed by atoms with E-state index in [0.29, 0.717) is 0 Å². The van der Waals surface area contributed by atoms with E-state index in [0.717, 1.165) is 24.3 Å². The number of hydrogen-bond donors (Lipinski definition) is 0. The van der Waals surface area contributed by atoms with Gasteiger partial charge in [-0.1, -0.05) is 27.7 Å². The van der Waals surface area contributed by atoms with E-state index in [1.807, 2.05) is 0 Å². The molecule has 0 aliphatic carbocycles. The first-order valence-corrected chi connectivity index (χ1v) is 8.80. The molecule has 30 heavy (non-hydrogen) atoms. The summed E-state index contributed by atoms with van der Waals surface area (Å²) in [4.78, 5) is 43.2. The van der Waals surface area contributed by atoms with Crippen molar-refractivity contribution in [3.8, 4) is 11.1 Å². The van der Waals surface area contributed by atoms with E-state index in [-0.39, 0.29) is 23.0 Å². The smallest absolute Gasteiger partial charge is 0.258 e. The normalized spacial score (nSPS) is 11.0. The van der Waals surface area contributed by atoms with Crippen molar-refractivity contribution in [2.24, 2.45) is 0 Å². The largest absolute Gasteiger partial charge is 0.284 e. The first kappa shape index (κ1) is 22.3. The van der Waals surface area contributed by atoms with Gasteiger partial charge in [0.05, 0.1) is 19.7 Å². The van der Waals surface area contributed by atoms with Crippen LogP contribution >= 0.6 is 0 Å².